The van der Waals surface area contributed by atoms with E-state index in [1.165, 1.54) is 0 Å². The number of terminal acetylenes is 1. The van der Waals surface area contributed by atoms with Gasteiger partial charge in [0, 0.05) is 12.1 Å². The maximum absolute atomic E-state index is 4.56. The molecule has 0 aromatic carbocycles. The summed E-state index contributed by atoms with van der Waals surface area (Å²) in [6.45, 7) is 2.77. The average molecular weight is 257 g/mol. The van der Waals surface area contributed by atoms with E-state index in [1.807, 2.05) is 43.3 Å². The maximum Gasteiger partial charge on any atom is 0.148 e. The predicted octanol–water partition coefficient (Wildman–Crippen LogP) is 3.08. The molecule has 0 saturated carbocycles. The fraction of sp³-hybridized carbons (Fsp3) is 0.375. The maximum atomic E-state index is 4.56. The summed E-state index contributed by atoms with van der Waals surface area (Å²) in [6.07, 6.45) is 22.1. The quantitative estimate of drug-likeness (QED) is 0.432. The number of amidine groups is 1. The second-order valence-electron chi connectivity index (χ2n) is 4.14. The van der Waals surface area contributed by atoms with E-state index in [9.17, 15) is 0 Å². The van der Waals surface area contributed by atoms with E-state index in [0.717, 1.165) is 24.4 Å². The van der Waals surface area contributed by atoms with Crippen molar-refractivity contribution < 1.29 is 0 Å². The molecule has 1 aliphatic carbocycles. The fourth-order valence-corrected chi connectivity index (χ4v) is 1.29. The molecule has 0 amide bonds. The molecule has 0 unspecified atom stereocenters. The van der Waals surface area contributed by atoms with E-state index in [4.69, 9.17) is 0 Å². The zero-order valence-electron chi connectivity index (χ0n) is 12.1. The van der Waals surface area contributed by atoms with Gasteiger partial charge in [0.05, 0.1) is 6.67 Å². The first kappa shape index (κ1) is 17.1. The number of hydrogen-bond donors (Lipinski definition) is 0. The first-order valence-corrected chi connectivity index (χ1v) is 6.32. The second kappa shape index (κ2) is 11.2. The van der Waals surface area contributed by atoms with Crippen LogP contribution in [0.3, 0.4) is 0 Å². The Morgan fingerprint density at radius 3 is 2.63 bits per heavy atom. The van der Waals surface area contributed by atoms with Crippen LogP contribution >= 0.6 is 0 Å². The molecule has 102 valence electrons. The standard InChI is InChI=1S/C14H21N3.C2H2/c1-4-5-11-14(15-12-17(2)3)16-13-9-7-6-8-10-13;1-2/h5-9,11H,4,10,12H2,1-3H3;1-2H/b11-5?,15-14-,16-13?;. The largest absolute Gasteiger partial charge is 0.291 e. The first-order valence-electron chi connectivity index (χ1n) is 6.32. The molecule has 0 aromatic rings. The highest BCUT2D eigenvalue weighted by Crippen LogP contribution is 2.01. The van der Waals surface area contributed by atoms with Crippen molar-refractivity contribution in [2.45, 2.75) is 19.8 Å². The lowest BCUT2D eigenvalue weighted by Crippen LogP contribution is -2.12. The highest BCUT2D eigenvalue weighted by Gasteiger charge is 1.98. The smallest absolute Gasteiger partial charge is 0.148 e. The Hall–Kier alpha value is -1.92. The van der Waals surface area contributed by atoms with E-state index in [0.29, 0.717) is 6.67 Å². The zero-order chi connectivity index (χ0) is 14.5. The van der Waals surface area contributed by atoms with Crippen molar-refractivity contribution >= 4 is 11.5 Å². The Labute approximate surface area is 117 Å². The molecule has 0 bridgehead atoms. The molecule has 0 atom stereocenters. The highest BCUT2D eigenvalue weighted by molar-refractivity contribution is 6.08. The normalized spacial score (nSPS) is 16.9. The van der Waals surface area contributed by atoms with Crippen LogP contribution in [-0.2, 0) is 0 Å². The zero-order valence-corrected chi connectivity index (χ0v) is 12.1. The summed E-state index contributed by atoms with van der Waals surface area (Å²) in [5.74, 6) is 0.801. The van der Waals surface area contributed by atoms with Gasteiger partial charge < -0.3 is 0 Å². The molecule has 3 heteroatoms. The summed E-state index contributed by atoms with van der Waals surface area (Å²) in [6, 6.07) is 0. The van der Waals surface area contributed by atoms with Gasteiger partial charge in [-0.05, 0) is 32.7 Å². The lowest BCUT2D eigenvalue weighted by Gasteiger charge is -2.06. The van der Waals surface area contributed by atoms with E-state index in [-0.39, 0.29) is 0 Å². The van der Waals surface area contributed by atoms with Gasteiger partial charge in [-0.25, -0.2) is 4.99 Å². The van der Waals surface area contributed by atoms with E-state index >= 15 is 0 Å². The molecule has 0 fully saturated rings. The molecular weight excluding hydrogens is 234 g/mol. The summed E-state index contributed by atoms with van der Waals surface area (Å²) in [7, 11) is 4.00. The van der Waals surface area contributed by atoms with Gasteiger partial charge in [0.1, 0.15) is 5.84 Å². The third-order valence-corrected chi connectivity index (χ3v) is 2.14. The third kappa shape index (κ3) is 8.76. The minimum Gasteiger partial charge on any atom is -0.291 e. The van der Waals surface area contributed by atoms with Gasteiger partial charge >= 0.3 is 0 Å². The Morgan fingerprint density at radius 1 is 1.37 bits per heavy atom. The van der Waals surface area contributed by atoms with E-state index in [2.05, 4.69) is 41.9 Å². The molecule has 3 nitrogen and oxygen atoms in total. The summed E-state index contributed by atoms with van der Waals surface area (Å²) >= 11 is 0. The van der Waals surface area contributed by atoms with Gasteiger partial charge in [-0.1, -0.05) is 31.2 Å². The van der Waals surface area contributed by atoms with Crippen LogP contribution < -0.4 is 0 Å². The van der Waals surface area contributed by atoms with Crippen LogP contribution in [0.4, 0.5) is 0 Å². The van der Waals surface area contributed by atoms with Crippen molar-refractivity contribution in [2.75, 3.05) is 20.8 Å². The Balaban J connectivity index is 0.00000154. The van der Waals surface area contributed by atoms with Crippen LogP contribution in [-0.4, -0.2) is 37.2 Å². The Kier molecular flexibility index (Phi) is 10.1. The summed E-state index contributed by atoms with van der Waals surface area (Å²) in [5.41, 5.74) is 1.06. The lowest BCUT2D eigenvalue weighted by molar-refractivity contribution is 0.424. The van der Waals surface area contributed by atoms with Crippen LogP contribution in [0.2, 0.25) is 0 Å². The molecule has 1 aliphatic rings. The van der Waals surface area contributed by atoms with Crippen molar-refractivity contribution in [1.82, 2.24) is 4.90 Å². The van der Waals surface area contributed by atoms with Gasteiger partial charge in [0.2, 0.25) is 0 Å². The second-order valence-corrected chi connectivity index (χ2v) is 4.14. The predicted molar refractivity (Wildman–Crippen MR) is 85.6 cm³/mol. The first-order chi connectivity index (χ1) is 9.22. The minimum atomic E-state index is 0.666. The third-order valence-electron chi connectivity index (χ3n) is 2.14. The fourth-order valence-electron chi connectivity index (χ4n) is 1.29. The van der Waals surface area contributed by atoms with Gasteiger partial charge in [0.15, 0.2) is 0 Å². The van der Waals surface area contributed by atoms with Crippen molar-refractivity contribution in [3.05, 3.63) is 36.5 Å². The molecule has 0 spiro atoms. The van der Waals surface area contributed by atoms with Crippen molar-refractivity contribution in [1.29, 1.82) is 0 Å². The minimum absolute atomic E-state index is 0.666. The number of rotatable bonds is 4. The van der Waals surface area contributed by atoms with Crippen LogP contribution in [0.15, 0.2) is 46.4 Å². The molecule has 0 N–H and O–H groups in total. The molecular formula is C16H23N3. The summed E-state index contributed by atoms with van der Waals surface area (Å²) in [4.78, 5) is 11.0. The number of nitrogens with zero attached hydrogens (tertiary/aromatic N) is 3. The van der Waals surface area contributed by atoms with Gasteiger partial charge in [-0.3, -0.25) is 9.89 Å². The Bertz CT molecular complexity index is 407. The molecule has 0 heterocycles. The highest BCUT2D eigenvalue weighted by atomic mass is 15.2. The van der Waals surface area contributed by atoms with Gasteiger partial charge in [-0.15, -0.1) is 12.8 Å². The molecule has 0 aliphatic heterocycles. The molecule has 19 heavy (non-hydrogen) atoms. The molecule has 0 saturated heterocycles. The van der Waals surface area contributed by atoms with Crippen LogP contribution in [0.5, 0.6) is 0 Å². The number of hydrogen-bond acceptors (Lipinski definition) is 2. The van der Waals surface area contributed by atoms with Crippen LogP contribution in [0.25, 0.3) is 0 Å². The molecule has 0 radical (unpaired) electrons. The average Bonchev–Trinajstić information content (AvgIpc) is 2.45. The molecule has 0 aromatic heterocycles. The SMILES string of the molecule is C#C.CCC=C/C(N=C1C=CC=CC1)=N/CN(C)C. The monoisotopic (exact) mass is 257 g/mol. The lowest BCUT2D eigenvalue weighted by atomic mass is 10.1. The van der Waals surface area contributed by atoms with Crippen molar-refractivity contribution in [3.8, 4) is 12.8 Å². The van der Waals surface area contributed by atoms with Crippen LogP contribution in [0, 0.1) is 12.8 Å². The summed E-state index contributed by atoms with van der Waals surface area (Å²) in [5, 5.41) is 0. The Morgan fingerprint density at radius 2 is 2.11 bits per heavy atom. The van der Waals surface area contributed by atoms with Crippen molar-refractivity contribution in [3.63, 3.8) is 0 Å². The van der Waals surface area contributed by atoms with E-state index < -0.39 is 0 Å². The molecule has 1 rings (SSSR count). The topological polar surface area (TPSA) is 28.0 Å². The van der Waals surface area contributed by atoms with Gasteiger partial charge in [0.25, 0.3) is 0 Å². The number of allylic oxidation sites excluding steroid dienone is 5. The summed E-state index contributed by atoms with van der Waals surface area (Å²) < 4.78 is 0. The van der Waals surface area contributed by atoms with Gasteiger partial charge in [-0.2, -0.15) is 0 Å². The van der Waals surface area contributed by atoms with E-state index in [1.54, 1.807) is 0 Å². The van der Waals surface area contributed by atoms with Crippen LogP contribution in [0.1, 0.15) is 19.8 Å². The van der Waals surface area contributed by atoms with Crippen molar-refractivity contribution in [2.24, 2.45) is 9.98 Å². The number of aliphatic imine (C=N–C) groups is 2.